The Kier molecular flexibility index (Phi) is 25.5. The Morgan fingerprint density at radius 2 is 1.32 bits per heavy atom. The van der Waals surface area contributed by atoms with E-state index >= 15 is 0 Å². The maximum absolute atomic E-state index is 12.2. The second-order valence-electron chi connectivity index (χ2n) is 9.83. The molecule has 3 N–H and O–H groups in total. The van der Waals surface area contributed by atoms with Crippen LogP contribution in [0, 0.1) is 0 Å². The molecule has 1 amide bonds. The first-order valence-electron chi connectivity index (χ1n) is 14.5. The molecule has 0 saturated carbocycles. The Morgan fingerprint density at radius 1 is 0.763 bits per heavy atom. The summed E-state index contributed by atoms with van der Waals surface area (Å²) in [4.78, 5) is 40.9. The third-order valence-electron chi connectivity index (χ3n) is 6.02. The van der Waals surface area contributed by atoms with Gasteiger partial charge in [0.25, 0.3) is 0 Å². The number of rotatable bonds is 28. The topological polar surface area (TPSA) is 141 Å². The average Bonchev–Trinajstić information content (AvgIpc) is 2.85. The smallest absolute Gasteiger partial charge is 0.457 e. The molecule has 0 unspecified atom stereocenters. The van der Waals surface area contributed by atoms with E-state index in [4.69, 9.17) is 24.0 Å². The Morgan fingerprint density at radius 3 is 1.89 bits per heavy atom. The predicted molar refractivity (Wildman–Crippen MR) is 147 cm³/mol. The van der Waals surface area contributed by atoms with Gasteiger partial charge in [0, 0.05) is 26.5 Å². The van der Waals surface area contributed by atoms with Crippen LogP contribution in [0.1, 0.15) is 123 Å². The van der Waals surface area contributed by atoms with E-state index in [-0.39, 0.29) is 25.7 Å². The van der Waals surface area contributed by atoms with Crippen molar-refractivity contribution in [3.8, 4) is 0 Å². The molecule has 226 valence electrons. The van der Waals surface area contributed by atoms with Crippen LogP contribution < -0.4 is 5.32 Å². The summed E-state index contributed by atoms with van der Waals surface area (Å²) in [7, 11) is -4.68. The third-order valence-corrected chi connectivity index (χ3v) is 6.51. The Bertz CT molecular complexity index is 615. The van der Waals surface area contributed by atoms with Crippen LogP contribution in [0.5, 0.6) is 0 Å². The van der Waals surface area contributed by atoms with Crippen molar-refractivity contribution >= 4 is 19.7 Å². The quantitative estimate of drug-likeness (QED) is 0.0464. The van der Waals surface area contributed by atoms with Crippen molar-refractivity contribution in [1.29, 1.82) is 0 Å². The average molecular weight is 568 g/mol. The van der Waals surface area contributed by atoms with Gasteiger partial charge >= 0.3 is 13.8 Å². The summed E-state index contributed by atoms with van der Waals surface area (Å²) in [5.74, 6) is -0.397. The predicted octanol–water partition coefficient (Wildman–Crippen LogP) is 5.79. The summed E-state index contributed by atoms with van der Waals surface area (Å²) >= 11 is 0. The van der Waals surface area contributed by atoms with E-state index in [2.05, 4.69) is 16.8 Å². The van der Waals surface area contributed by atoms with Crippen molar-refractivity contribution in [1.82, 2.24) is 5.32 Å². The molecule has 0 spiro atoms. The second kappa shape index (κ2) is 26.2. The lowest BCUT2D eigenvalue weighted by atomic mass is 10.1. The van der Waals surface area contributed by atoms with Crippen LogP contribution in [-0.4, -0.2) is 60.9 Å². The molecule has 38 heavy (non-hydrogen) atoms. The van der Waals surface area contributed by atoms with Crippen molar-refractivity contribution in [2.75, 3.05) is 33.2 Å². The van der Waals surface area contributed by atoms with E-state index in [0.29, 0.717) is 6.61 Å². The van der Waals surface area contributed by atoms with Crippen LogP contribution in [0.25, 0.3) is 0 Å². The molecule has 11 heteroatoms. The normalized spacial score (nSPS) is 12.4. The highest BCUT2D eigenvalue weighted by molar-refractivity contribution is 7.46. The summed E-state index contributed by atoms with van der Waals surface area (Å²) in [6, 6.07) is 0. The molecular formula is C27H54NO9P. The lowest BCUT2D eigenvalue weighted by Crippen LogP contribution is -2.28. The summed E-state index contributed by atoms with van der Waals surface area (Å²) in [6.07, 6.45) is 17.1. The molecule has 10 nitrogen and oxygen atoms in total. The first-order chi connectivity index (χ1) is 18.2. The van der Waals surface area contributed by atoms with Gasteiger partial charge in [0.05, 0.1) is 13.2 Å². The first kappa shape index (κ1) is 37.0. The van der Waals surface area contributed by atoms with E-state index < -0.39 is 26.5 Å². The van der Waals surface area contributed by atoms with E-state index in [1.54, 1.807) is 0 Å². The number of phosphoric ester groups is 1. The lowest BCUT2D eigenvalue weighted by Gasteiger charge is -2.18. The molecule has 0 aromatic carbocycles. The summed E-state index contributed by atoms with van der Waals surface area (Å²) in [5.41, 5.74) is 0. The van der Waals surface area contributed by atoms with Gasteiger partial charge < -0.3 is 29.3 Å². The zero-order chi connectivity index (χ0) is 28.3. The number of hydrogen-bond donors (Lipinski definition) is 3. The molecule has 0 rings (SSSR count). The fraction of sp³-hybridized carbons (Fsp3) is 0.926. The van der Waals surface area contributed by atoms with Crippen LogP contribution in [-0.2, 0) is 32.9 Å². The van der Waals surface area contributed by atoms with Gasteiger partial charge in [0.15, 0.2) is 0 Å². The second-order valence-corrected chi connectivity index (χ2v) is 11.1. The molecular weight excluding hydrogens is 513 g/mol. The Hall–Kier alpha value is -1.03. The Balaban J connectivity index is 3.84. The minimum absolute atomic E-state index is 0.0102. The number of ether oxygens (including phenoxy) is 3. The molecule has 0 fully saturated rings. The number of unbranched alkanes of at least 4 members (excludes halogenated alkanes) is 14. The van der Waals surface area contributed by atoms with Crippen molar-refractivity contribution in [2.45, 2.75) is 129 Å². The van der Waals surface area contributed by atoms with Gasteiger partial charge in [-0.05, 0) is 19.3 Å². The van der Waals surface area contributed by atoms with Gasteiger partial charge in [-0.25, -0.2) is 4.57 Å². The van der Waals surface area contributed by atoms with Crippen molar-refractivity contribution in [3.05, 3.63) is 0 Å². The molecule has 0 aliphatic rings. The number of hydrogen-bond acceptors (Lipinski definition) is 7. The van der Waals surface area contributed by atoms with Gasteiger partial charge in [0.1, 0.15) is 12.9 Å². The minimum atomic E-state index is -4.68. The molecule has 0 aliphatic carbocycles. The lowest BCUT2D eigenvalue weighted by molar-refractivity contribution is -0.158. The van der Waals surface area contributed by atoms with Crippen molar-refractivity contribution in [2.24, 2.45) is 0 Å². The van der Waals surface area contributed by atoms with Gasteiger partial charge in [-0.1, -0.05) is 90.4 Å². The van der Waals surface area contributed by atoms with Crippen LogP contribution in [0.15, 0.2) is 0 Å². The molecule has 0 heterocycles. The largest absolute Gasteiger partial charge is 0.469 e. The highest BCUT2D eigenvalue weighted by atomic mass is 31.2. The monoisotopic (exact) mass is 567 g/mol. The SMILES string of the molecule is CCCCCCCCCCC(=O)O[C@H](COCOCCCCCCCCCCNC(C)=O)COP(=O)(O)O. The van der Waals surface area contributed by atoms with E-state index in [1.807, 2.05) is 0 Å². The van der Waals surface area contributed by atoms with Crippen LogP contribution in [0.2, 0.25) is 0 Å². The number of nitrogens with one attached hydrogen (secondary N) is 1. The number of phosphoric acid groups is 1. The summed E-state index contributed by atoms with van der Waals surface area (Å²) in [5, 5.41) is 2.81. The van der Waals surface area contributed by atoms with Gasteiger partial charge in [-0.3, -0.25) is 14.1 Å². The maximum Gasteiger partial charge on any atom is 0.469 e. The highest BCUT2D eigenvalue weighted by Gasteiger charge is 2.21. The number of esters is 1. The molecule has 0 aromatic heterocycles. The summed E-state index contributed by atoms with van der Waals surface area (Å²) < 4.78 is 31.7. The van der Waals surface area contributed by atoms with Crippen LogP contribution in [0.4, 0.5) is 0 Å². The standard InChI is InChI=1S/C27H54NO9P/c1-3-4-5-6-7-10-13-16-19-27(30)37-26(23-36-38(31,32)33)22-35-24-34-21-18-15-12-9-8-11-14-17-20-28-25(2)29/h26H,3-24H2,1-2H3,(H,28,29)(H2,31,32,33)/t26-/m1/s1. The first-order valence-corrected chi connectivity index (χ1v) is 16.1. The third kappa shape index (κ3) is 29.5. The number of carbonyl (C=O) groups is 2. The van der Waals surface area contributed by atoms with E-state index in [9.17, 15) is 14.2 Å². The number of amides is 1. The summed E-state index contributed by atoms with van der Waals surface area (Å²) in [6.45, 7) is 4.54. The molecule has 0 aromatic rings. The Labute approximate surface area is 230 Å². The van der Waals surface area contributed by atoms with Gasteiger partial charge in [-0.2, -0.15) is 0 Å². The molecule has 0 bridgehead atoms. The van der Waals surface area contributed by atoms with Crippen molar-refractivity contribution < 1.29 is 42.7 Å². The van der Waals surface area contributed by atoms with Gasteiger partial charge in [0.2, 0.25) is 5.91 Å². The van der Waals surface area contributed by atoms with Crippen molar-refractivity contribution in [3.63, 3.8) is 0 Å². The van der Waals surface area contributed by atoms with Crippen LogP contribution >= 0.6 is 7.82 Å². The number of carbonyl (C=O) groups excluding carboxylic acids is 2. The minimum Gasteiger partial charge on any atom is -0.457 e. The fourth-order valence-corrected chi connectivity index (χ4v) is 4.26. The molecule has 0 aliphatic heterocycles. The van der Waals surface area contributed by atoms with E-state index in [1.165, 1.54) is 58.3 Å². The fourth-order valence-electron chi connectivity index (χ4n) is 3.90. The molecule has 0 saturated heterocycles. The van der Waals surface area contributed by atoms with Crippen LogP contribution in [0.3, 0.4) is 0 Å². The molecule has 0 radical (unpaired) electrons. The molecule has 1 atom stereocenters. The highest BCUT2D eigenvalue weighted by Crippen LogP contribution is 2.35. The maximum atomic E-state index is 12.2. The zero-order valence-corrected chi connectivity index (χ0v) is 24.7. The zero-order valence-electron chi connectivity index (χ0n) is 23.8. The van der Waals surface area contributed by atoms with Gasteiger partial charge in [-0.15, -0.1) is 0 Å². The van der Waals surface area contributed by atoms with E-state index in [0.717, 1.165) is 57.9 Å².